The van der Waals surface area contributed by atoms with E-state index >= 15 is 0 Å². The molecule has 23 heavy (non-hydrogen) atoms. The Kier molecular flexibility index (Phi) is 5.12. The minimum absolute atomic E-state index is 0.0730. The van der Waals surface area contributed by atoms with E-state index in [1.54, 1.807) is 4.90 Å². The molecule has 0 unspecified atom stereocenters. The van der Waals surface area contributed by atoms with Crippen LogP contribution in [-0.2, 0) is 9.59 Å². The van der Waals surface area contributed by atoms with Crippen LogP contribution in [0.3, 0.4) is 0 Å². The van der Waals surface area contributed by atoms with Gasteiger partial charge in [0, 0.05) is 25.7 Å². The molecule has 2 rings (SSSR count). The molecule has 1 aliphatic rings. The Morgan fingerprint density at radius 3 is 2.48 bits per heavy atom. The number of amides is 2. The van der Waals surface area contributed by atoms with Crippen molar-refractivity contribution >= 4 is 17.5 Å². The van der Waals surface area contributed by atoms with Gasteiger partial charge >= 0.3 is 6.36 Å². The molecule has 1 fully saturated rings. The van der Waals surface area contributed by atoms with Crippen LogP contribution in [0.15, 0.2) is 24.3 Å². The van der Waals surface area contributed by atoms with Gasteiger partial charge in [-0.2, -0.15) is 0 Å². The van der Waals surface area contributed by atoms with E-state index < -0.39 is 6.36 Å². The molecular weight excluding hydrogens is 313 g/mol. The fourth-order valence-electron chi connectivity index (χ4n) is 2.46. The minimum Gasteiger partial charge on any atom is -0.406 e. The van der Waals surface area contributed by atoms with Crippen molar-refractivity contribution in [2.24, 2.45) is 5.92 Å². The molecule has 5 nitrogen and oxygen atoms in total. The first-order valence-corrected chi connectivity index (χ1v) is 7.17. The molecule has 8 heteroatoms. The SMILES string of the molecule is CC(=O)N1CCC[C@@H](C(=O)Nc2ccc(OC(F)(F)F)cc2)C1. The molecule has 0 bridgehead atoms. The number of halogens is 3. The number of carbonyl (C=O) groups excluding carboxylic acids is 2. The third-order valence-corrected chi connectivity index (χ3v) is 3.59. The van der Waals surface area contributed by atoms with Gasteiger partial charge in [-0.1, -0.05) is 0 Å². The maximum atomic E-state index is 12.2. The number of likely N-dealkylation sites (tertiary alicyclic amines) is 1. The summed E-state index contributed by atoms with van der Waals surface area (Å²) >= 11 is 0. The summed E-state index contributed by atoms with van der Waals surface area (Å²) in [5.41, 5.74) is 0.379. The third kappa shape index (κ3) is 5.15. The van der Waals surface area contributed by atoms with E-state index in [0.717, 1.165) is 18.6 Å². The zero-order valence-electron chi connectivity index (χ0n) is 12.5. The Morgan fingerprint density at radius 1 is 1.26 bits per heavy atom. The van der Waals surface area contributed by atoms with Crippen molar-refractivity contribution < 1.29 is 27.5 Å². The summed E-state index contributed by atoms with van der Waals surface area (Å²) in [5.74, 6) is -0.994. The maximum Gasteiger partial charge on any atom is 0.573 e. The zero-order valence-corrected chi connectivity index (χ0v) is 12.5. The molecule has 0 aliphatic carbocycles. The molecule has 1 atom stereocenters. The molecule has 0 saturated carbocycles. The lowest BCUT2D eigenvalue weighted by molar-refractivity contribution is -0.274. The molecular formula is C15H17F3N2O3. The molecule has 2 amide bonds. The lowest BCUT2D eigenvalue weighted by atomic mass is 9.97. The number of benzene rings is 1. The standard InChI is InChI=1S/C15H17F3N2O3/c1-10(21)20-8-2-3-11(9-20)14(22)19-12-4-6-13(7-5-12)23-15(16,17)18/h4-7,11H,2-3,8-9H2,1H3,(H,19,22)/t11-/m1/s1. The van der Waals surface area contributed by atoms with Gasteiger partial charge in [-0.25, -0.2) is 0 Å². The lowest BCUT2D eigenvalue weighted by Crippen LogP contribution is -2.42. The van der Waals surface area contributed by atoms with Gasteiger partial charge in [0.1, 0.15) is 5.75 Å². The van der Waals surface area contributed by atoms with Crippen molar-refractivity contribution in [3.63, 3.8) is 0 Å². The summed E-state index contributed by atoms with van der Waals surface area (Å²) in [7, 11) is 0. The second kappa shape index (κ2) is 6.89. The first-order valence-electron chi connectivity index (χ1n) is 7.17. The first kappa shape index (κ1) is 17.1. The van der Waals surface area contributed by atoms with Crippen molar-refractivity contribution in [1.82, 2.24) is 4.90 Å². The summed E-state index contributed by atoms with van der Waals surface area (Å²) in [4.78, 5) is 25.2. The van der Waals surface area contributed by atoms with E-state index in [1.807, 2.05) is 0 Å². The smallest absolute Gasteiger partial charge is 0.406 e. The largest absolute Gasteiger partial charge is 0.573 e. The normalized spacial score (nSPS) is 18.4. The molecule has 1 N–H and O–H groups in total. The number of alkyl halides is 3. The highest BCUT2D eigenvalue weighted by molar-refractivity contribution is 5.93. The first-order chi connectivity index (χ1) is 10.7. The topological polar surface area (TPSA) is 58.6 Å². The number of hydrogen-bond acceptors (Lipinski definition) is 3. The van der Waals surface area contributed by atoms with Gasteiger partial charge in [-0.3, -0.25) is 9.59 Å². The number of nitrogens with zero attached hydrogens (tertiary/aromatic N) is 1. The van der Waals surface area contributed by atoms with E-state index in [1.165, 1.54) is 19.1 Å². The van der Waals surface area contributed by atoms with Gasteiger partial charge in [0.05, 0.1) is 5.92 Å². The summed E-state index contributed by atoms with van der Waals surface area (Å²) in [6, 6.07) is 4.94. The monoisotopic (exact) mass is 330 g/mol. The highest BCUT2D eigenvalue weighted by Crippen LogP contribution is 2.24. The molecule has 126 valence electrons. The van der Waals surface area contributed by atoms with E-state index in [0.29, 0.717) is 25.2 Å². The van der Waals surface area contributed by atoms with Crippen molar-refractivity contribution in [2.75, 3.05) is 18.4 Å². The highest BCUT2D eigenvalue weighted by atomic mass is 19.4. The predicted octanol–water partition coefficient (Wildman–Crippen LogP) is 2.78. The van der Waals surface area contributed by atoms with Crippen LogP contribution in [0.5, 0.6) is 5.75 Å². The number of anilines is 1. The molecule has 0 spiro atoms. The van der Waals surface area contributed by atoms with Crippen LogP contribution < -0.4 is 10.1 Å². The molecule has 1 aliphatic heterocycles. The average molecular weight is 330 g/mol. The Hall–Kier alpha value is -2.25. The van der Waals surface area contributed by atoms with Gasteiger partial charge in [0.2, 0.25) is 11.8 Å². The summed E-state index contributed by atoms with van der Waals surface area (Å²) < 4.78 is 40.0. The number of rotatable bonds is 3. The Balaban J connectivity index is 1.93. The van der Waals surface area contributed by atoms with Crippen LogP contribution in [0.25, 0.3) is 0 Å². The van der Waals surface area contributed by atoms with Crippen LogP contribution in [0.1, 0.15) is 19.8 Å². The summed E-state index contributed by atoms with van der Waals surface area (Å²) in [5, 5.41) is 2.65. The van der Waals surface area contributed by atoms with Crippen molar-refractivity contribution in [2.45, 2.75) is 26.1 Å². The van der Waals surface area contributed by atoms with Crippen molar-refractivity contribution in [3.05, 3.63) is 24.3 Å². The number of carbonyl (C=O) groups is 2. The number of piperidine rings is 1. The zero-order chi connectivity index (χ0) is 17.0. The lowest BCUT2D eigenvalue weighted by Gasteiger charge is -2.31. The predicted molar refractivity (Wildman–Crippen MR) is 76.7 cm³/mol. The highest BCUT2D eigenvalue weighted by Gasteiger charge is 2.31. The number of hydrogen-bond donors (Lipinski definition) is 1. The van der Waals surface area contributed by atoms with Gasteiger partial charge in [0.15, 0.2) is 0 Å². The second-order valence-corrected chi connectivity index (χ2v) is 5.37. The van der Waals surface area contributed by atoms with Crippen molar-refractivity contribution in [1.29, 1.82) is 0 Å². The van der Waals surface area contributed by atoms with E-state index in [2.05, 4.69) is 10.1 Å². The van der Waals surface area contributed by atoms with Crippen LogP contribution >= 0.6 is 0 Å². The summed E-state index contributed by atoms with van der Waals surface area (Å²) in [6.07, 6.45) is -3.33. The fraction of sp³-hybridized carbons (Fsp3) is 0.467. The van der Waals surface area contributed by atoms with E-state index in [9.17, 15) is 22.8 Å². The molecule has 1 aromatic rings. The second-order valence-electron chi connectivity index (χ2n) is 5.37. The Morgan fingerprint density at radius 2 is 1.91 bits per heavy atom. The molecule has 0 aromatic heterocycles. The maximum absolute atomic E-state index is 12.2. The Bertz CT molecular complexity index is 572. The molecule has 1 heterocycles. The molecule has 0 radical (unpaired) electrons. The van der Waals surface area contributed by atoms with Crippen LogP contribution in [0, 0.1) is 5.92 Å². The third-order valence-electron chi connectivity index (χ3n) is 3.59. The van der Waals surface area contributed by atoms with Crippen LogP contribution in [0.4, 0.5) is 18.9 Å². The van der Waals surface area contributed by atoms with Crippen LogP contribution in [-0.4, -0.2) is 36.2 Å². The quantitative estimate of drug-likeness (QED) is 0.927. The van der Waals surface area contributed by atoms with Crippen LogP contribution in [0.2, 0.25) is 0 Å². The Labute approximate surface area is 131 Å². The number of ether oxygens (including phenoxy) is 1. The van der Waals surface area contributed by atoms with E-state index in [4.69, 9.17) is 0 Å². The molecule has 1 aromatic carbocycles. The van der Waals surface area contributed by atoms with Gasteiger partial charge in [-0.15, -0.1) is 13.2 Å². The van der Waals surface area contributed by atoms with Crippen molar-refractivity contribution in [3.8, 4) is 5.75 Å². The fourth-order valence-corrected chi connectivity index (χ4v) is 2.46. The van der Waals surface area contributed by atoms with E-state index in [-0.39, 0.29) is 23.5 Å². The average Bonchev–Trinajstić information content (AvgIpc) is 2.48. The number of nitrogens with one attached hydrogen (secondary N) is 1. The van der Waals surface area contributed by atoms with Gasteiger partial charge in [-0.05, 0) is 37.1 Å². The summed E-state index contributed by atoms with van der Waals surface area (Å²) in [6.45, 7) is 2.46. The van der Waals surface area contributed by atoms with Gasteiger partial charge < -0.3 is 15.0 Å². The molecule has 1 saturated heterocycles. The van der Waals surface area contributed by atoms with Gasteiger partial charge in [0.25, 0.3) is 0 Å². The minimum atomic E-state index is -4.75.